The summed E-state index contributed by atoms with van der Waals surface area (Å²) in [6.07, 6.45) is 0.413. The van der Waals surface area contributed by atoms with Gasteiger partial charge in [0.25, 0.3) is 5.69 Å². The fraction of sp³-hybridized carbons (Fsp3) is 0.214. The lowest BCUT2D eigenvalue weighted by Gasteiger charge is -2.16. The molecule has 1 heterocycles. The lowest BCUT2D eigenvalue weighted by atomic mass is 10.1. The van der Waals surface area contributed by atoms with Crippen LogP contribution in [0.3, 0.4) is 0 Å². The molecule has 1 atom stereocenters. The van der Waals surface area contributed by atoms with E-state index in [0.717, 1.165) is 4.88 Å². The molecule has 2 rings (SSSR count). The molecule has 0 amide bonds. The molecule has 0 saturated heterocycles. The highest BCUT2D eigenvalue weighted by Gasteiger charge is 2.23. The van der Waals surface area contributed by atoms with Crippen LogP contribution in [0.25, 0.3) is 0 Å². The Bertz CT molecular complexity index is 628. The number of carbonyl (C=O) groups is 1. The number of nitrogens with one attached hydrogen (secondary N) is 1. The zero-order valence-electron chi connectivity index (χ0n) is 11.3. The number of hydrogen-bond acceptors (Lipinski definition) is 6. The Morgan fingerprint density at radius 1 is 1.38 bits per heavy atom. The normalized spacial score (nSPS) is 11.7. The number of esters is 1. The van der Waals surface area contributed by atoms with Crippen LogP contribution in [0.2, 0.25) is 0 Å². The molecule has 0 radical (unpaired) electrons. The number of nitrogens with zero attached hydrogens (tertiary/aromatic N) is 1. The van der Waals surface area contributed by atoms with E-state index in [2.05, 4.69) is 5.32 Å². The van der Waals surface area contributed by atoms with Crippen molar-refractivity contribution in [2.45, 2.75) is 12.5 Å². The van der Waals surface area contributed by atoms with Gasteiger partial charge in [0, 0.05) is 17.4 Å². The summed E-state index contributed by atoms with van der Waals surface area (Å²) in [5.41, 5.74) is 0.229. The van der Waals surface area contributed by atoms with Crippen molar-refractivity contribution in [1.29, 1.82) is 0 Å². The van der Waals surface area contributed by atoms with Gasteiger partial charge in [0.1, 0.15) is 11.7 Å². The van der Waals surface area contributed by atoms with Crippen LogP contribution in [0.1, 0.15) is 4.88 Å². The van der Waals surface area contributed by atoms with Gasteiger partial charge in [0.05, 0.1) is 12.0 Å². The van der Waals surface area contributed by atoms with Crippen molar-refractivity contribution in [3.8, 4) is 0 Å². The van der Waals surface area contributed by atoms with E-state index in [4.69, 9.17) is 4.74 Å². The van der Waals surface area contributed by atoms with Gasteiger partial charge in [-0.05, 0) is 17.5 Å². The van der Waals surface area contributed by atoms with E-state index >= 15 is 0 Å². The molecule has 0 saturated carbocycles. The zero-order chi connectivity index (χ0) is 15.2. The molecule has 2 aromatic rings. The molecule has 0 aliphatic rings. The molecule has 21 heavy (non-hydrogen) atoms. The maximum absolute atomic E-state index is 11.9. The monoisotopic (exact) mass is 306 g/mol. The fourth-order valence-electron chi connectivity index (χ4n) is 1.91. The zero-order valence-corrected chi connectivity index (χ0v) is 12.1. The van der Waals surface area contributed by atoms with Gasteiger partial charge in [0.15, 0.2) is 0 Å². The molecule has 1 aromatic heterocycles. The topological polar surface area (TPSA) is 81.5 Å². The lowest BCUT2D eigenvalue weighted by Crippen LogP contribution is -2.32. The highest BCUT2D eigenvalue weighted by molar-refractivity contribution is 7.09. The van der Waals surface area contributed by atoms with Crippen LogP contribution in [0.4, 0.5) is 11.4 Å². The van der Waals surface area contributed by atoms with E-state index in [0.29, 0.717) is 12.1 Å². The fourth-order valence-corrected chi connectivity index (χ4v) is 2.66. The molecule has 1 N–H and O–H groups in total. The quantitative estimate of drug-likeness (QED) is 0.504. The average molecular weight is 306 g/mol. The Morgan fingerprint density at radius 2 is 2.14 bits per heavy atom. The maximum Gasteiger partial charge on any atom is 0.328 e. The molecular weight excluding hydrogens is 292 g/mol. The number of carbonyl (C=O) groups excluding carboxylic acids is 1. The molecule has 0 fully saturated rings. The molecule has 6 nitrogen and oxygen atoms in total. The van der Waals surface area contributed by atoms with Crippen molar-refractivity contribution in [1.82, 2.24) is 0 Å². The number of nitro groups is 1. The Hall–Kier alpha value is -2.41. The number of anilines is 1. The van der Waals surface area contributed by atoms with Gasteiger partial charge in [-0.25, -0.2) is 4.79 Å². The molecule has 0 spiro atoms. The first-order chi connectivity index (χ1) is 10.1. The highest BCUT2D eigenvalue weighted by atomic mass is 32.1. The number of rotatable bonds is 6. The van der Waals surface area contributed by atoms with Crippen LogP contribution in [0.15, 0.2) is 41.8 Å². The van der Waals surface area contributed by atoms with Crippen molar-refractivity contribution in [2.24, 2.45) is 0 Å². The molecule has 110 valence electrons. The van der Waals surface area contributed by atoms with Crippen LogP contribution in [0, 0.1) is 10.1 Å². The Balaban J connectivity index is 2.23. The second-order valence-corrected chi connectivity index (χ2v) is 5.31. The molecule has 0 aliphatic carbocycles. The Morgan fingerprint density at radius 3 is 2.76 bits per heavy atom. The highest BCUT2D eigenvalue weighted by Crippen LogP contribution is 2.25. The largest absolute Gasteiger partial charge is 0.467 e. The van der Waals surface area contributed by atoms with E-state index in [-0.39, 0.29) is 5.69 Å². The average Bonchev–Trinajstić information content (AvgIpc) is 2.99. The summed E-state index contributed by atoms with van der Waals surface area (Å²) in [6.45, 7) is 0. The number of benzene rings is 1. The number of thiophene rings is 1. The van der Waals surface area contributed by atoms with Crippen molar-refractivity contribution in [3.63, 3.8) is 0 Å². The first kappa shape index (κ1) is 15.0. The van der Waals surface area contributed by atoms with Gasteiger partial charge in [-0.15, -0.1) is 11.3 Å². The molecule has 7 heteroatoms. The van der Waals surface area contributed by atoms with Gasteiger partial charge >= 0.3 is 5.97 Å². The lowest BCUT2D eigenvalue weighted by molar-refractivity contribution is -0.384. The van der Waals surface area contributed by atoms with E-state index in [1.54, 1.807) is 18.2 Å². The van der Waals surface area contributed by atoms with Crippen LogP contribution < -0.4 is 5.32 Å². The van der Waals surface area contributed by atoms with Gasteiger partial charge < -0.3 is 10.1 Å². The number of para-hydroxylation sites is 2. The van der Waals surface area contributed by atoms with Gasteiger partial charge in [0.2, 0.25) is 0 Å². The molecule has 0 bridgehead atoms. The summed E-state index contributed by atoms with van der Waals surface area (Å²) in [6, 6.07) is 9.34. The summed E-state index contributed by atoms with van der Waals surface area (Å²) >= 11 is 1.52. The van der Waals surface area contributed by atoms with Gasteiger partial charge in [-0.3, -0.25) is 10.1 Å². The van der Waals surface area contributed by atoms with Gasteiger partial charge in [-0.1, -0.05) is 18.2 Å². The molecule has 1 aromatic carbocycles. The third-order valence-corrected chi connectivity index (χ3v) is 3.80. The Kier molecular flexibility index (Phi) is 4.89. The minimum atomic E-state index is -0.672. The van der Waals surface area contributed by atoms with Crippen molar-refractivity contribution in [3.05, 3.63) is 56.8 Å². The van der Waals surface area contributed by atoms with E-state index < -0.39 is 16.9 Å². The minimum absolute atomic E-state index is 0.0717. The summed E-state index contributed by atoms with van der Waals surface area (Å²) in [4.78, 5) is 23.4. The van der Waals surface area contributed by atoms with Crippen molar-refractivity contribution < 1.29 is 14.5 Å². The standard InChI is InChI=1S/C14H14N2O4S/c1-20-14(17)12(9-10-5-4-8-21-10)15-11-6-2-3-7-13(11)16(18)19/h2-8,12,15H,9H2,1H3/t12-/m0/s1. The summed E-state index contributed by atoms with van der Waals surface area (Å²) in [5.74, 6) is -0.457. The first-order valence-corrected chi connectivity index (χ1v) is 7.10. The summed E-state index contributed by atoms with van der Waals surface area (Å²) in [7, 11) is 1.30. The van der Waals surface area contributed by atoms with Crippen molar-refractivity contribution >= 4 is 28.7 Å². The smallest absolute Gasteiger partial charge is 0.328 e. The Labute approximate surface area is 125 Å². The molecule has 0 aliphatic heterocycles. The SMILES string of the molecule is COC(=O)[C@H](Cc1cccs1)Nc1ccccc1[N+](=O)[O-]. The number of ether oxygens (including phenoxy) is 1. The predicted octanol–water partition coefficient (Wildman–Crippen LogP) is 2.85. The first-order valence-electron chi connectivity index (χ1n) is 6.22. The number of methoxy groups -OCH3 is 1. The minimum Gasteiger partial charge on any atom is -0.467 e. The van der Waals surface area contributed by atoms with Gasteiger partial charge in [-0.2, -0.15) is 0 Å². The summed E-state index contributed by atoms with van der Waals surface area (Å²) < 4.78 is 4.77. The van der Waals surface area contributed by atoms with Crippen LogP contribution in [-0.4, -0.2) is 24.0 Å². The summed E-state index contributed by atoms with van der Waals surface area (Å²) in [5, 5.41) is 15.8. The second kappa shape index (κ2) is 6.85. The van der Waals surface area contributed by atoms with Crippen molar-refractivity contribution in [2.75, 3.05) is 12.4 Å². The third-order valence-electron chi connectivity index (χ3n) is 2.90. The third kappa shape index (κ3) is 3.79. The maximum atomic E-state index is 11.9. The van der Waals surface area contributed by atoms with E-state index in [9.17, 15) is 14.9 Å². The van der Waals surface area contributed by atoms with E-state index in [1.165, 1.54) is 24.5 Å². The number of nitro benzene ring substituents is 1. The molecule has 0 unspecified atom stereocenters. The van der Waals surface area contributed by atoms with Crippen LogP contribution in [-0.2, 0) is 16.0 Å². The predicted molar refractivity (Wildman–Crippen MR) is 80.5 cm³/mol. The van der Waals surface area contributed by atoms with Crippen LogP contribution >= 0.6 is 11.3 Å². The second-order valence-electron chi connectivity index (χ2n) is 4.28. The van der Waals surface area contributed by atoms with E-state index in [1.807, 2.05) is 17.5 Å². The number of hydrogen-bond donors (Lipinski definition) is 1. The van der Waals surface area contributed by atoms with Crippen LogP contribution in [0.5, 0.6) is 0 Å². The molecular formula is C14H14N2O4S.